The summed E-state index contributed by atoms with van der Waals surface area (Å²) in [6, 6.07) is 16.4. The third-order valence-electron chi connectivity index (χ3n) is 4.44. The molecule has 0 radical (unpaired) electrons. The Kier molecular flexibility index (Phi) is 6.64. The summed E-state index contributed by atoms with van der Waals surface area (Å²) >= 11 is 0. The number of aromatic nitrogens is 1. The zero-order chi connectivity index (χ0) is 21.5. The van der Waals surface area contributed by atoms with Gasteiger partial charge in [0, 0.05) is 17.3 Å². The van der Waals surface area contributed by atoms with Gasteiger partial charge < -0.3 is 19.6 Å². The fourth-order valence-corrected chi connectivity index (χ4v) is 2.93. The summed E-state index contributed by atoms with van der Waals surface area (Å²) in [4.78, 5) is 22.3. The van der Waals surface area contributed by atoms with E-state index in [4.69, 9.17) is 14.3 Å². The first-order valence-corrected chi connectivity index (χ1v) is 9.24. The molecule has 154 valence electrons. The number of rotatable bonds is 7. The van der Waals surface area contributed by atoms with Gasteiger partial charge in [-0.15, -0.1) is 0 Å². The van der Waals surface area contributed by atoms with Crippen LogP contribution in [0.4, 0.5) is 5.69 Å². The molecule has 7 nitrogen and oxygen atoms in total. The number of nitrogens with one attached hydrogen (secondary N) is 1. The molecule has 1 N–H and O–H groups in total. The number of pyridine rings is 1. The standard InChI is InChI=1S/C23H23N3O4/c1-15-7-9-16(10-8-15)22(26-30-4)23(27)25-18-6-5-13-24-21(18)17-11-12-19(28-2)20(14-17)29-3/h5-14H,1-4H3,(H,25,27)/b26-22+. The van der Waals surface area contributed by atoms with E-state index in [9.17, 15) is 4.79 Å². The van der Waals surface area contributed by atoms with E-state index in [1.54, 1.807) is 44.7 Å². The van der Waals surface area contributed by atoms with Crippen LogP contribution in [0.3, 0.4) is 0 Å². The zero-order valence-corrected chi connectivity index (χ0v) is 17.3. The molecule has 0 fully saturated rings. The predicted octanol–water partition coefficient (Wildman–Crippen LogP) is 4.06. The highest BCUT2D eigenvalue weighted by Gasteiger charge is 2.18. The average molecular weight is 405 g/mol. The van der Waals surface area contributed by atoms with Crippen molar-refractivity contribution in [3.8, 4) is 22.8 Å². The number of benzene rings is 2. The summed E-state index contributed by atoms with van der Waals surface area (Å²) < 4.78 is 10.7. The molecule has 0 aliphatic carbocycles. The number of oxime groups is 1. The number of nitrogens with zero attached hydrogens (tertiary/aromatic N) is 2. The van der Waals surface area contributed by atoms with Crippen LogP contribution in [0.25, 0.3) is 11.3 Å². The Morgan fingerprint density at radius 3 is 2.37 bits per heavy atom. The van der Waals surface area contributed by atoms with Crippen LogP contribution in [-0.2, 0) is 9.63 Å². The summed E-state index contributed by atoms with van der Waals surface area (Å²) in [7, 11) is 4.55. The maximum Gasteiger partial charge on any atom is 0.278 e. The van der Waals surface area contributed by atoms with Crippen molar-refractivity contribution in [2.24, 2.45) is 5.16 Å². The number of ether oxygens (including phenoxy) is 2. The minimum atomic E-state index is -0.407. The van der Waals surface area contributed by atoms with E-state index in [2.05, 4.69) is 15.5 Å². The van der Waals surface area contributed by atoms with Crippen molar-refractivity contribution < 1.29 is 19.1 Å². The van der Waals surface area contributed by atoms with E-state index in [-0.39, 0.29) is 5.71 Å². The van der Waals surface area contributed by atoms with Crippen molar-refractivity contribution in [1.29, 1.82) is 0 Å². The van der Waals surface area contributed by atoms with Crippen LogP contribution in [0.2, 0.25) is 0 Å². The topological polar surface area (TPSA) is 82.0 Å². The Balaban J connectivity index is 1.95. The van der Waals surface area contributed by atoms with E-state index in [1.165, 1.54) is 7.11 Å². The van der Waals surface area contributed by atoms with Gasteiger partial charge in [-0.25, -0.2) is 0 Å². The Morgan fingerprint density at radius 1 is 0.967 bits per heavy atom. The lowest BCUT2D eigenvalue weighted by Gasteiger charge is -2.13. The van der Waals surface area contributed by atoms with Crippen molar-refractivity contribution in [1.82, 2.24) is 4.98 Å². The third kappa shape index (κ3) is 4.57. The molecule has 1 amide bonds. The second-order valence-corrected chi connectivity index (χ2v) is 6.41. The summed E-state index contributed by atoms with van der Waals surface area (Å²) in [6.45, 7) is 1.97. The first-order chi connectivity index (χ1) is 14.6. The van der Waals surface area contributed by atoms with Crippen LogP contribution >= 0.6 is 0 Å². The quantitative estimate of drug-likeness (QED) is 0.473. The fraction of sp³-hybridized carbons (Fsp3) is 0.174. The van der Waals surface area contributed by atoms with Crippen LogP contribution in [0.1, 0.15) is 11.1 Å². The summed E-state index contributed by atoms with van der Waals surface area (Å²) in [6.07, 6.45) is 1.66. The van der Waals surface area contributed by atoms with E-state index in [0.29, 0.717) is 28.4 Å². The highest BCUT2D eigenvalue weighted by atomic mass is 16.6. The van der Waals surface area contributed by atoms with E-state index >= 15 is 0 Å². The van der Waals surface area contributed by atoms with Gasteiger partial charge >= 0.3 is 0 Å². The molecule has 1 heterocycles. The molecule has 0 unspecified atom stereocenters. The average Bonchev–Trinajstić information content (AvgIpc) is 2.78. The first kappa shape index (κ1) is 20.9. The molecule has 3 rings (SSSR count). The van der Waals surface area contributed by atoms with Crippen molar-refractivity contribution in [2.45, 2.75) is 6.92 Å². The van der Waals surface area contributed by atoms with E-state index in [0.717, 1.165) is 11.1 Å². The number of carbonyl (C=O) groups is 1. The number of anilines is 1. The number of carbonyl (C=O) groups excluding carboxylic acids is 1. The monoisotopic (exact) mass is 405 g/mol. The van der Waals surface area contributed by atoms with Gasteiger partial charge in [0.05, 0.1) is 25.6 Å². The Morgan fingerprint density at radius 2 is 1.70 bits per heavy atom. The van der Waals surface area contributed by atoms with Gasteiger partial charge in [0.1, 0.15) is 7.11 Å². The van der Waals surface area contributed by atoms with Gasteiger partial charge in [0.2, 0.25) is 0 Å². The van der Waals surface area contributed by atoms with Crippen molar-refractivity contribution in [2.75, 3.05) is 26.6 Å². The highest BCUT2D eigenvalue weighted by Crippen LogP contribution is 2.34. The van der Waals surface area contributed by atoms with Gasteiger partial charge in [-0.3, -0.25) is 9.78 Å². The largest absolute Gasteiger partial charge is 0.493 e. The molecule has 0 saturated carbocycles. The lowest BCUT2D eigenvalue weighted by Crippen LogP contribution is -2.24. The molecular weight excluding hydrogens is 382 g/mol. The Bertz CT molecular complexity index is 1060. The molecular formula is C23H23N3O4. The molecule has 7 heteroatoms. The lowest BCUT2D eigenvalue weighted by atomic mass is 10.1. The summed E-state index contributed by atoms with van der Waals surface area (Å²) in [5.41, 5.74) is 3.79. The minimum absolute atomic E-state index is 0.166. The number of amides is 1. The number of methoxy groups -OCH3 is 2. The van der Waals surface area contributed by atoms with Gasteiger partial charge in [-0.2, -0.15) is 0 Å². The maximum absolute atomic E-state index is 13.0. The molecule has 0 atom stereocenters. The van der Waals surface area contributed by atoms with E-state index < -0.39 is 5.91 Å². The predicted molar refractivity (Wildman–Crippen MR) is 116 cm³/mol. The van der Waals surface area contributed by atoms with E-state index in [1.807, 2.05) is 37.3 Å². The molecule has 30 heavy (non-hydrogen) atoms. The third-order valence-corrected chi connectivity index (χ3v) is 4.44. The van der Waals surface area contributed by atoms with Crippen LogP contribution in [0.5, 0.6) is 11.5 Å². The lowest BCUT2D eigenvalue weighted by molar-refractivity contribution is -0.110. The number of hydrogen-bond acceptors (Lipinski definition) is 6. The molecule has 0 bridgehead atoms. The van der Waals surface area contributed by atoms with Crippen molar-refractivity contribution in [3.63, 3.8) is 0 Å². The minimum Gasteiger partial charge on any atom is -0.493 e. The maximum atomic E-state index is 13.0. The van der Waals surface area contributed by atoms with Crippen molar-refractivity contribution >= 4 is 17.3 Å². The molecule has 0 aliphatic rings. The number of aryl methyl sites for hydroxylation is 1. The fourth-order valence-electron chi connectivity index (χ4n) is 2.93. The first-order valence-electron chi connectivity index (χ1n) is 9.24. The van der Waals surface area contributed by atoms with Gasteiger partial charge in [0.15, 0.2) is 17.2 Å². The van der Waals surface area contributed by atoms with Crippen LogP contribution < -0.4 is 14.8 Å². The summed E-state index contributed by atoms with van der Waals surface area (Å²) in [5.74, 6) is 0.770. The van der Waals surface area contributed by atoms with Crippen LogP contribution in [0, 0.1) is 6.92 Å². The molecule has 3 aromatic rings. The Labute approximate surface area is 175 Å². The SMILES string of the molecule is CO/N=C(/C(=O)Nc1cccnc1-c1ccc(OC)c(OC)c1)c1ccc(C)cc1. The zero-order valence-electron chi connectivity index (χ0n) is 17.3. The number of hydrogen-bond donors (Lipinski definition) is 1. The van der Waals surface area contributed by atoms with Crippen LogP contribution in [0.15, 0.2) is 65.9 Å². The van der Waals surface area contributed by atoms with Crippen LogP contribution in [-0.4, -0.2) is 37.9 Å². The van der Waals surface area contributed by atoms with Gasteiger partial charge in [-0.1, -0.05) is 35.0 Å². The second kappa shape index (κ2) is 9.56. The normalized spacial score (nSPS) is 11.0. The molecule has 1 aromatic heterocycles. The smallest absolute Gasteiger partial charge is 0.278 e. The van der Waals surface area contributed by atoms with Gasteiger partial charge in [0.25, 0.3) is 5.91 Å². The van der Waals surface area contributed by atoms with Gasteiger partial charge in [-0.05, 0) is 37.3 Å². The summed E-state index contributed by atoms with van der Waals surface area (Å²) in [5, 5.41) is 6.81. The molecule has 0 saturated heterocycles. The molecule has 0 aliphatic heterocycles. The molecule has 0 spiro atoms. The highest BCUT2D eigenvalue weighted by molar-refractivity contribution is 6.48. The Hall–Kier alpha value is -3.87. The second-order valence-electron chi connectivity index (χ2n) is 6.41. The molecule has 2 aromatic carbocycles. The van der Waals surface area contributed by atoms with Crippen molar-refractivity contribution in [3.05, 3.63) is 71.9 Å².